The van der Waals surface area contributed by atoms with Crippen molar-refractivity contribution < 1.29 is 10.2 Å². The van der Waals surface area contributed by atoms with Gasteiger partial charge in [0.05, 0.1) is 5.60 Å². The van der Waals surface area contributed by atoms with Gasteiger partial charge in [-0.3, -0.25) is 0 Å². The van der Waals surface area contributed by atoms with Gasteiger partial charge in [-0.1, -0.05) is 0 Å². The minimum atomic E-state index is -0.950. The van der Waals surface area contributed by atoms with Gasteiger partial charge in [0, 0.05) is 6.61 Å². The van der Waals surface area contributed by atoms with Gasteiger partial charge < -0.3 is 10.2 Å². The quantitative estimate of drug-likeness (QED) is 0.514. The minimum absolute atomic E-state index is 0.00347. The summed E-state index contributed by atoms with van der Waals surface area (Å²) < 4.78 is 0. The molecule has 0 aromatic rings. The fourth-order valence-corrected chi connectivity index (χ4v) is 0.241. The van der Waals surface area contributed by atoms with Crippen LogP contribution in [0.3, 0.4) is 0 Å². The number of hydrogen-bond acceptors (Lipinski definition) is 2. The Morgan fingerprint density at radius 3 is 2.14 bits per heavy atom. The molecule has 2 N–H and O–H groups in total. The van der Waals surface area contributed by atoms with E-state index in [1.54, 1.807) is 6.92 Å². The van der Waals surface area contributed by atoms with Crippen LogP contribution in [0.2, 0.25) is 0 Å². The number of rotatable bonds is 2. The maximum Gasteiger partial charge on any atom is 0.0642 e. The van der Waals surface area contributed by atoms with Crippen LogP contribution in [0, 0.1) is 6.92 Å². The average Bonchev–Trinajstić information content (AvgIpc) is 1.30. The Morgan fingerprint density at radius 1 is 1.71 bits per heavy atom. The molecule has 0 amide bonds. The van der Waals surface area contributed by atoms with Crippen LogP contribution in [0.4, 0.5) is 0 Å². The molecule has 1 unspecified atom stereocenters. The van der Waals surface area contributed by atoms with E-state index in [4.69, 9.17) is 10.2 Å². The molecule has 2 nitrogen and oxygen atoms in total. The summed E-state index contributed by atoms with van der Waals surface area (Å²) in [7, 11) is 0. The summed E-state index contributed by atoms with van der Waals surface area (Å²) in [4.78, 5) is 0. The Labute approximate surface area is 43.8 Å². The van der Waals surface area contributed by atoms with Crippen molar-refractivity contribution >= 4 is 0 Å². The van der Waals surface area contributed by atoms with Crippen LogP contribution < -0.4 is 0 Å². The van der Waals surface area contributed by atoms with Gasteiger partial charge in [-0.25, -0.2) is 0 Å². The summed E-state index contributed by atoms with van der Waals surface area (Å²) in [5, 5.41) is 16.9. The van der Waals surface area contributed by atoms with Gasteiger partial charge in [0.15, 0.2) is 0 Å². The van der Waals surface area contributed by atoms with Crippen molar-refractivity contribution in [2.24, 2.45) is 0 Å². The molecule has 0 heterocycles. The van der Waals surface area contributed by atoms with E-state index in [9.17, 15) is 0 Å². The van der Waals surface area contributed by atoms with E-state index in [1.165, 1.54) is 0 Å². The lowest BCUT2D eigenvalue weighted by Gasteiger charge is -2.13. The van der Waals surface area contributed by atoms with Crippen molar-refractivity contribution in [2.75, 3.05) is 6.61 Å². The molecular weight excluding hydrogens is 92.1 g/mol. The first-order valence-electron chi connectivity index (χ1n) is 2.25. The van der Waals surface area contributed by atoms with Gasteiger partial charge in [-0.2, -0.15) is 0 Å². The second-order valence-corrected chi connectivity index (χ2v) is 1.97. The van der Waals surface area contributed by atoms with E-state index in [1.807, 2.05) is 0 Å². The monoisotopic (exact) mass is 103 g/mol. The minimum Gasteiger partial charge on any atom is -0.396 e. The Balaban J connectivity index is 3.15. The molecule has 0 aromatic carbocycles. The third kappa shape index (κ3) is 5.92. The summed E-state index contributed by atoms with van der Waals surface area (Å²) in [5.41, 5.74) is -0.950. The van der Waals surface area contributed by atoms with Crippen molar-refractivity contribution in [3.8, 4) is 0 Å². The van der Waals surface area contributed by atoms with Crippen molar-refractivity contribution in [3.05, 3.63) is 6.92 Å². The summed E-state index contributed by atoms with van der Waals surface area (Å²) in [5.74, 6) is 0. The number of hydrogen-bond donors (Lipinski definition) is 2. The van der Waals surface area contributed by atoms with Gasteiger partial charge in [0.25, 0.3) is 0 Å². The third-order valence-corrected chi connectivity index (χ3v) is 0.650. The molecule has 0 fully saturated rings. The molecule has 0 rings (SSSR count). The molecule has 0 bridgehead atoms. The Bertz CT molecular complexity index is 44.5. The van der Waals surface area contributed by atoms with Gasteiger partial charge in [0.1, 0.15) is 0 Å². The zero-order valence-electron chi connectivity index (χ0n) is 4.52. The molecule has 0 spiro atoms. The second-order valence-electron chi connectivity index (χ2n) is 1.97. The summed E-state index contributed by atoms with van der Waals surface area (Å²) in [6, 6.07) is 0. The standard InChI is InChI=1S/C5H11O2/c1-5(2,7)3-4-6/h6-7H,1,3-4H2,2H3. The molecule has 7 heavy (non-hydrogen) atoms. The van der Waals surface area contributed by atoms with Gasteiger partial charge in [-0.05, 0) is 20.3 Å². The smallest absolute Gasteiger partial charge is 0.0642 e. The van der Waals surface area contributed by atoms with Crippen molar-refractivity contribution in [3.63, 3.8) is 0 Å². The normalized spacial score (nSPS) is 12.0. The fourth-order valence-electron chi connectivity index (χ4n) is 0.241. The Kier molecular flexibility index (Phi) is 2.26. The number of aliphatic hydroxyl groups excluding tert-OH is 1. The third-order valence-electron chi connectivity index (χ3n) is 0.650. The molecule has 0 aliphatic rings. The fraction of sp³-hybridized carbons (Fsp3) is 0.800. The highest BCUT2D eigenvalue weighted by Crippen LogP contribution is 2.03. The molecule has 0 aromatic heterocycles. The highest BCUT2D eigenvalue weighted by atomic mass is 16.3. The second kappa shape index (κ2) is 2.28. The zero-order chi connectivity index (χ0) is 5.91. The first kappa shape index (κ1) is 6.92. The van der Waals surface area contributed by atoms with E-state index in [0.29, 0.717) is 6.42 Å². The van der Waals surface area contributed by atoms with E-state index >= 15 is 0 Å². The van der Waals surface area contributed by atoms with E-state index in [0.717, 1.165) is 0 Å². The first-order valence-corrected chi connectivity index (χ1v) is 2.25. The molecule has 2 heteroatoms. The largest absolute Gasteiger partial charge is 0.396 e. The molecule has 1 atom stereocenters. The molecule has 0 saturated heterocycles. The lowest BCUT2D eigenvalue weighted by Crippen LogP contribution is -2.20. The number of aliphatic hydroxyl groups is 2. The lowest BCUT2D eigenvalue weighted by atomic mass is 10.1. The maximum atomic E-state index is 8.75. The van der Waals surface area contributed by atoms with Crippen LogP contribution in [0.1, 0.15) is 13.3 Å². The Hall–Kier alpha value is -0.0800. The summed E-state index contributed by atoms with van der Waals surface area (Å²) in [6.45, 7) is 4.91. The average molecular weight is 103 g/mol. The van der Waals surface area contributed by atoms with E-state index in [2.05, 4.69) is 6.92 Å². The van der Waals surface area contributed by atoms with Crippen LogP contribution in [0.25, 0.3) is 0 Å². The molecule has 1 radical (unpaired) electrons. The van der Waals surface area contributed by atoms with Crippen LogP contribution >= 0.6 is 0 Å². The van der Waals surface area contributed by atoms with E-state index in [-0.39, 0.29) is 6.61 Å². The summed E-state index contributed by atoms with van der Waals surface area (Å²) in [6.07, 6.45) is 0.340. The summed E-state index contributed by atoms with van der Waals surface area (Å²) >= 11 is 0. The van der Waals surface area contributed by atoms with Crippen LogP contribution in [0.5, 0.6) is 0 Å². The first-order chi connectivity index (χ1) is 3.06. The van der Waals surface area contributed by atoms with E-state index < -0.39 is 5.60 Å². The van der Waals surface area contributed by atoms with Gasteiger partial charge in [0.2, 0.25) is 0 Å². The highest BCUT2D eigenvalue weighted by Gasteiger charge is 2.09. The zero-order valence-corrected chi connectivity index (χ0v) is 4.52. The molecule has 43 valence electrons. The Morgan fingerprint density at radius 2 is 2.14 bits per heavy atom. The SMILES string of the molecule is [CH2]C(C)(O)CCO. The topological polar surface area (TPSA) is 40.5 Å². The van der Waals surface area contributed by atoms with Crippen molar-refractivity contribution in [2.45, 2.75) is 18.9 Å². The molecule has 0 saturated carbocycles. The van der Waals surface area contributed by atoms with Gasteiger partial charge in [-0.15, -0.1) is 0 Å². The highest BCUT2D eigenvalue weighted by molar-refractivity contribution is 4.73. The van der Waals surface area contributed by atoms with Crippen LogP contribution in [0.15, 0.2) is 0 Å². The lowest BCUT2D eigenvalue weighted by molar-refractivity contribution is 0.0762. The predicted octanol–water partition coefficient (Wildman–Crippen LogP) is -0.0461. The van der Waals surface area contributed by atoms with Crippen LogP contribution in [-0.4, -0.2) is 22.4 Å². The van der Waals surface area contributed by atoms with Crippen molar-refractivity contribution in [1.82, 2.24) is 0 Å². The molecular formula is C5H11O2. The predicted molar refractivity (Wildman–Crippen MR) is 27.7 cm³/mol. The molecule has 0 aliphatic carbocycles. The molecule has 0 aliphatic heterocycles. The van der Waals surface area contributed by atoms with Crippen molar-refractivity contribution in [1.29, 1.82) is 0 Å². The maximum absolute atomic E-state index is 8.75. The van der Waals surface area contributed by atoms with Gasteiger partial charge >= 0.3 is 0 Å². The van der Waals surface area contributed by atoms with Crippen LogP contribution in [-0.2, 0) is 0 Å².